The van der Waals surface area contributed by atoms with Gasteiger partial charge in [0.2, 0.25) is 0 Å². The van der Waals surface area contributed by atoms with E-state index in [-0.39, 0.29) is 0 Å². The molecule has 0 amide bonds. The Morgan fingerprint density at radius 3 is 2.82 bits per heavy atom. The Morgan fingerprint density at radius 1 is 1.41 bits per heavy atom. The van der Waals surface area contributed by atoms with Crippen LogP contribution in [0.5, 0.6) is 0 Å². The van der Waals surface area contributed by atoms with E-state index in [9.17, 15) is 0 Å². The maximum absolute atomic E-state index is 8.86. The van der Waals surface area contributed by atoms with Gasteiger partial charge in [0.15, 0.2) is 0 Å². The van der Waals surface area contributed by atoms with Crippen molar-refractivity contribution in [2.75, 3.05) is 37.6 Å². The van der Waals surface area contributed by atoms with E-state index in [1.165, 1.54) is 13.1 Å². The molecule has 0 bridgehead atoms. The van der Waals surface area contributed by atoms with Gasteiger partial charge in [-0.05, 0) is 18.7 Å². The zero-order valence-corrected chi connectivity index (χ0v) is 10.1. The van der Waals surface area contributed by atoms with E-state index in [0.29, 0.717) is 11.0 Å². The summed E-state index contributed by atoms with van der Waals surface area (Å²) in [5, 5.41) is 8.86. The van der Waals surface area contributed by atoms with Crippen molar-refractivity contribution in [1.82, 2.24) is 9.88 Å². The van der Waals surface area contributed by atoms with Crippen molar-refractivity contribution < 1.29 is 0 Å². The van der Waals surface area contributed by atoms with Gasteiger partial charge in [-0.15, -0.1) is 0 Å². The zero-order valence-electron chi connectivity index (χ0n) is 10.1. The summed E-state index contributed by atoms with van der Waals surface area (Å²) >= 11 is 0. The van der Waals surface area contributed by atoms with Crippen molar-refractivity contribution in [3.8, 4) is 6.07 Å². The van der Waals surface area contributed by atoms with Crippen LogP contribution >= 0.6 is 0 Å². The van der Waals surface area contributed by atoms with Crippen LogP contribution in [0, 0.1) is 16.7 Å². The van der Waals surface area contributed by atoms with E-state index < -0.39 is 0 Å². The van der Waals surface area contributed by atoms with E-state index in [1.54, 1.807) is 12.3 Å². The highest BCUT2D eigenvalue weighted by molar-refractivity contribution is 5.48. The smallest absolute Gasteiger partial charge is 0.129 e. The average molecular weight is 228 g/mol. The van der Waals surface area contributed by atoms with Gasteiger partial charge in [0.25, 0.3) is 0 Å². The van der Waals surface area contributed by atoms with Gasteiger partial charge in [0.05, 0.1) is 11.6 Å². The molecule has 0 aliphatic carbocycles. The van der Waals surface area contributed by atoms with Crippen LogP contribution in [0.15, 0.2) is 18.3 Å². The summed E-state index contributed by atoms with van der Waals surface area (Å²) in [6.45, 7) is 7.98. The number of hydrogen-bond acceptors (Lipinski definition) is 4. The van der Waals surface area contributed by atoms with Gasteiger partial charge in [-0.25, -0.2) is 4.98 Å². The molecule has 0 N–H and O–H groups in total. The minimum Gasteiger partial charge on any atom is -0.355 e. The normalized spacial score (nSPS) is 21.8. The Bertz CT molecular complexity index is 463. The van der Waals surface area contributed by atoms with Gasteiger partial charge >= 0.3 is 0 Å². The van der Waals surface area contributed by atoms with Gasteiger partial charge in [0, 0.05) is 37.8 Å². The van der Waals surface area contributed by atoms with E-state index in [4.69, 9.17) is 5.26 Å². The number of nitrogens with zero attached hydrogens (tertiary/aromatic N) is 4. The second-order valence-corrected chi connectivity index (χ2v) is 5.17. The number of rotatable bonds is 2. The van der Waals surface area contributed by atoms with Crippen LogP contribution in [0.4, 0.5) is 5.82 Å². The molecular weight excluding hydrogens is 212 g/mol. The standard InChI is InChI=1S/C13H16N4/c1-2-16-7-13(8-16)9-17(10-13)12-5-11(6-14)3-4-15-12/h3-5H,2,7-10H2,1H3. The largest absolute Gasteiger partial charge is 0.355 e. The lowest BCUT2D eigenvalue weighted by Crippen LogP contribution is -2.72. The summed E-state index contributed by atoms with van der Waals surface area (Å²) in [5.74, 6) is 0.949. The molecule has 17 heavy (non-hydrogen) atoms. The Labute approximate surface area is 101 Å². The SMILES string of the molecule is CCN1CC2(C1)CN(c1cc(C#N)ccn1)C2. The Hall–Kier alpha value is -1.60. The fraction of sp³-hybridized carbons (Fsp3) is 0.538. The molecule has 0 radical (unpaired) electrons. The molecule has 0 saturated carbocycles. The van der Waals surface area contributed by atoms with Crippen molar-refractivity contribution in [3.63, 3.8) is 0 Å². The molecule has 4 heteroatoms. The minimum absolute atomic E-state index is 0.514. The van der Waals surface area contributed by atoms with Crippen LogP contribution in [-0.4, -0.2) is 42.6 Å². The summed E-state index contributed by atoms with van der Waals surface area (Å²) in [7, 11) is 0. The first kappa shape index (κ1) is 10.5. The molecule has 2 aliphatic heterocycles. The highest BCUT2D eigenvalue weighted by Crippen LogP contribution is 2.41. The summed E-state index contributed by atoms with van der Waals surface area (Å²) in [5.41, 5.74) is 1.21. The first-order chi connectivity index (χ1) is 8.24. The summed E-state index contributed by atoms with van der Waals surface area (Å²) in [6, 6.07) is 5.79. The lowest BCUT2D eigenvalue weighted by molar-refractivity contribution is -0.0181. The number of nitriles is 1. The number of likely N-dealkylation sites (tertiary alicyclic amines) is 1. The fourth-order valence-electron chi connectivity index (χ4n) is 2.91. The quantitative estimate of drug-likeness (QED) is 0.760. The number of pyridine rings is 1. The molecule has 0 unspecified atom stereocenters. The van der Waals surface area contributed by atoms with E-state index in [0.717, 1.165) is 25.5 Å². The molecule has 3 heterocycles. The van der Waals surface area contributed by atoms with Crippen LogP contribution in [0.1, 0.15) is 12.5 Å². The lowest BCUT2D eigenvalue weighted by atomic mass is 9.73. The average Bonchev–Trinajstić information content (AvgIpc) is 2.26. The highest BCUT2D eigenvalue weighted by Gasteiger charge is 2.51. The van der Waals surface area contributed by atoms with E-state index in [1.807, 2.05) is 6.07 Å². The molecule has 1 spiro atoms. The molecule has 1 aromatic heterocycles. The topological polar surface area (TPSA) is 43.2 Å². The van der Waals surface area contributed by atoms with Gasteiger partial charge in [-0.2, -0.15) is 5.26 Å². The predicted molar refractivity (Wildman–Crippen MR) is 65.7 cm³/mol. The van der Waals surface area contributed by atoms with Crippen LogP contribution in [0.2, 0.25) is 0 Å². The predicted octanol–water partition coefficient (Wildman–Crippen LogP) is 1.10. The lowest BCUT2D eigenvalue weighted by Gasteiger charge is -2.60. The summed E-state index contributed by atoms with van der Waals surface area (Å²) < 4.78 is 0. The second-order valence-electron chi connectivity index (χ2n) is 5.17. The first-order valence-corrected chi connectivity index (χ1v) is 6.08. The van der Waals surface area contributed by atoms with Gasteiger partial charge in [-0.3, -0.25) is 0 Å². The number of hydrogen-bond donors (Lipinski definition) is 0. The summed E-state index contributed by atoms with van der Waals surface area (Å²) in [4.78, 5) is 9.07. The minimum atomic E-state index is 0.514. The van der Waals surface area contributed by atoms with Gasteiger partial charge < -0.3 is 9.80 Å². The van der Waals surface area contributed by atoms with Crippen LogP contribution < -0.4 is 4.90 Å². The highest BCUT2D eigenvalue weighted by atomic mass is 15.3. The van der Waals surface area contributed by atoms with Gasteiger partial charge in [0.1, 0.15) is 5.82 Å². The van der Waals surface area contributed by atoms with Crippen molar-refractivity contribution >= 4 is 5.82 Å². The number of aromatic nitrogens is 1. The van der Waals surface area contributed by atoms with Crippen LogP contribution in [-0.2, 0) is 0 Å². The first-order valence-electron chi connectivity index (χ1n) is 6.08. The Balaban J connectivity index is 1.64. The molecule has 88 valence electrons. The fourth-order valence-corrected chi connectivity index (χ4v) is 2.91. The molecular formula is C13H16N4. The van der Waals surface area contributed by atoms with Crippen molar-refractivity contribution in [2.24, 2.45) is 5.41 Å². The Morgan fingerprint density at radius 2 is 2.18 bits per heavy atom. The second kappa shape index (κ2) is 3.71. The van der Waals surface area contributed by atoms with Crippen LogP contribution in [0.3, 0.4) is 0 Å². The third-order valence-corrected chi connectivity index (χ3v) is 3.82. The van der Waals surface area contributed by atoms with Crippen LogP contribution in [0.25, 0.3) is 0 Å². The van der Waals surface area contributed by atoms with E-state index >= 15 is 0 Å². The van der Waals surface area contributed by atoms with Gasteiger partial charge in [-0.1, -0.05) is 6.92 Å². The maximum atomic E-state index is 8.86. The molecule has 1 aromatic rings. The van der Waals surface area contributed by atoms with Crippen molar-refractivity contribution in [1.29, 1.82) is 5.26 Å². The number of anilines is 1. The molecule has 0 aromatic carbocycles. The molecule has 3 rings (SSSR count). The molecule has 2 saturated heterocycles. The molecule has 2 fully saturated rings. The summed E-state index contributed by atoms with van der Waals surface area (Å²) in [6.07, 6.45) is 1.72. The zero-order chi connectivity index (χ0) is 11.9. The third kappa shape index (κ3) is 1.67. The van der Waals surface area contributed by atoms with E-state index in [2.05, 4.69) is 27.8 Å². The molecule has 4 nitrogen and oxygen atoms in total. The van der Waals surface area contributed by atoms with Crippen molar-refractivity contribution in [3.05, 3.63) is 23.9 Å². The van der Waals surface area contributed by atoms with Crippen molar-refractivity contribution in [2.45, 2.75) is 6.92 Å². The molecule has 2 aliphatic rings. The maximum Gasteiger partial charge on any atom is 0.129 e. The molecule has 0 atom stereocenters. The Kier molecular flexibility index (Phi) is 2.30. The monoisotopic (exact) mass is 228 g/mol. The third-order valence-electron chi connectivity index (χ3n) is 3.82.